The lowest BCUT2D eigenvalue weighted by atomic mass is 10.1. The molecule has 0 atom stereocenters. The van der Waals surface area contributed by atoms with E-state index in [1.165, 1.54) is 0 Å². The molecule has 1 aromatic carbocycles. The second kappa shape index (κ2) is 8.33. The smallest absolute Gasteiger partial charge is 0.321 e. The van der Waals surface area contributed by atoms with Crippen LogP contribution in [0.1, 0.15) is 18.9 Å². The first kappa shape index (κ1) is 17.0. The topological polar surface area (TPSA) is 97.1 Å². The summed E-state index contributed by atoms with van der Waals surface area (Å²) in [5.41, 5.74) is 1.88. The van der Waals surface area contributed by atoms with Crippen LogP contribution in [-0.4, -0.2) is 34.4 Å². The summed E-state index contributed by atoms with van der Waals surface area (Å²) in [6.07, 6.45) is 0.806. The molecule has 7 nitrogen and oxygen atoms in total. The highest BCUT2D eigenvalue weighted by Gasteiger charge is 2.13. The zero-order valence-corrected chi connectivity index (χ0v) is 13.8. The number of carbonyl (C=O) groups is 2. The average molecular weight is 334 g/mol. The Morgan fingerprint density at radius 2 is 2.04 bits per heavy atom. The summed E-state index contributed by atoms with van der Waals surface area (Å²) in [7, 11) is 0. The van der Waals surface area contributed by atoms with Gasteiger partial charge in [0.25, 0.3) is 5.22 Å². The third kappa shape index (κ3) is 5.10. The summed E-state index contributed by atoms with van der Waals surface area (Å²) in [4.78, 5) is 23.0. The van der Waals surface area contributed by atoms with Gasteiger partial charge in [0.15, 0.2) is 0 Å². The Balaban J connectivity index is 1.87. The van der Waals surface area contributed by atoms with E-state index < -0.39 is 11.9 Å². The number of urea groups is 1. The first-order chi connectivity index (χ1) is 11.1. The van der Waals surface area contributed by atoms with E-state index in [-0.39, 0.29) is 11.0 Å². The van der Waals surface area contributed by atoms with E-state index in [1.807, 2.05) is 38.1 Å². The Morgan fingerprint density at radius 1 is 1.26 bits per heavy atom. The maximum atomic E-state index is 11.6. The molecule has 0 saturated carbocycles. The van der Waals surface area contributed by atoms with Crippen molar-refractivity contribution >= 4 is 23.7 Å². The molecule has 0 aliphatic heterocycles. The van der Waals surface area contributed by atoms with Gasteiger partial charge in [-0.05, 0) is 25.0 Å². The molecule has 8 heteroatoms. The van der Waals surface area contributed by atoms with E-state index in [0.29, 0.717) is 12.4 Å². The predicted octanol–water partition coefficient (Wildman–Crippen LogP) is 2.37. The molecule has 0 spiro atoms. The summed E-state index contributed by atoms with van der Waals surface area (Å²) in [6.45, 7) is 4.41. The molecule has 0 bridgehead atoms. The molecule has 2 rings (SSSR count). The van der Waals surface area contributed by atoms with Crippen LogP contribution in [0.2, 0.25) is 0 Å². The number of carbonyl (C=O) groups excluding carboxylic acids is 2. The van der Waals surface area contributed by atoms with Crippen LogP contribution in [0.3, 0.4) is 0 Å². The van der Waals surface area contributed by atoms with Crippen molar-refractivity contribution in [2.24, 2.45) is 0 Å². The minimum absolute atomic E-state index is 0.0228. The fourth-order valence-electron chi connectivity index (χ4n) is 1.76. The lowest BCUT2D eigenvalue weighted by Crippen LogP contribution is -2.40. The van der Waals surface area contributed by atoms with Gasteiger partial charge in [0.2, 0.25) is 11.8 Å². The normalized spacial score (nSPS) is 10.3. The van der Waals surface area contributed by atoms with Crippen LogP contribution in [0.5, 0.6) is 0 Å². The van der Waals surface area contributed by atoms with E-state index in [0.717, 1.165) is 29.3 Å². The number of benzene rings is 1. The Hall–Kier alpha value is -2.35. The zero-order chi connectivity index (χ0) is 16.7. The van der Waals surface area contributed by atoms with Crippen LogP contribution in [0, 0.1) is 6.92 Å². The Bertz CT molecular complexity index is 687. The third-order valence-electron chi connectivity index (χ3n) is 2.90. The van der Waals surface area contributed by atoms with E-state index in [2.05, 4.69) is 20.8 Å². The maximum Gasteiger partial charge on any atom is 0.321 e. The van der Waals surface area contributed by atoms with Gasteiger partial charge in [0.05, 0.1) is 5.75 Å². The summed E-state index contributed by atoms with van der Waals surface area (Å²) >= 11 is 1.08. The monoisotopic (exact) mass is 334 g/mol. The van der Waals surface area contributed by atoms with Crippen LogP contribution in [0.25, 0.3) is 11.5 Å². The minimum Gasteiger partial charge on any atom is -0.411 e. The van der Waals surface area contributed by atoms with Crippen molar-refractivity contribution in [2.75, 3.05) is 12.3 Å². The number of imide groups is 1. The van der Waals surface area contributed by atoms with Crippen molar-refractivity contribution in [3.8, 4) is 11.5 Å². The van der Waals surface area contributed by atoms with Gasteiger partial charge in [0, 0.05) is 12.1 Å². The average Bonchev–Trinajstić information content (AvgIpc) is 3.00. The summed E-state index contributed by atoms with van der Waals surface area (Å²) in [6, 6.07) is 7.17. The highest BCUT2D eigenvalue weighted by molar-refractivity contribution is 7.99. The summed E-state index contributed by atoms with van der Waals surface area (Å²) in [5, 5.41) is 13.0. The van der Waals surface area contributed by atoms with Gasteiger partial charge < -0.3 is 9.73 Å². The van der Waals surface area contributed by atoms with Gasteiger partial charge in [-0.2, -0.15) is 0 Å². The first-order valence-electron chi connectivity index (χ1n) is 7.20. The SMILES string of the molecule is CCCNC(=O)NC(=O)CSc1nnc(-c2ccccc2C)o1. The van der Waals surface area contributed by atoms with Gasteiger partial charge >= 0.3 is 6.03 Å². The summed E-state index contributed by atoms with van der Waals surface area (Å²) in [5.74, 6) is 0.0144. The lowest BCUT2D eigenvalue weighted by Gasteiger charge is -2.04. The van der Waals surface area contributed by atoms with E-state index >= 15 is 0 Å². The molecular weight excluding hydrogens is 316 g/mol. The molecule has 2 N–H and O–H groups in total. The summed E-state index contributed by atoms with van der Waals surface area (Å²) < 4.78 is 5.53. The molecule has 0 radical (unpaired) electrons. The van der Waals surface area contributed by atoms with Crippen molar-refractivity contribution in [3.05, 3.63) is 29.8 Å². The second-order valence-corrected chi connectivity index (χ2v) is 5.71. The number of amides is 3. The highest BCUT2D eigenvalue weighted by Crippen LogP contribution is 2.25. The van der Waals surface area contributed by atoms with Crippen molar-refractivity contribution in [1.82, 2.24) is 20.8 Å². The second-order valence-electron chi connectivity index (χ2n) is 4.78. The Labute approximate surface area is 138 Å². The lowest BCUT2D eigenvalue weighted by molar-refractivity contribution is -0.117. The Morgan fingerprint density at radius 3 is 2.78 bits per heavy atom. The van der Waals surface area contributed by atoms with Crippen LogP contribution < -0.4 is 10.6 Å². The van der Waals surface area contributed by atoms with Crippen molar-refractivity contribution in [1.29, 1.82) is 0 Å². The fourth-order valence-corrected chi connectivity index (χ4v) is 2.33. The van der Waals surface area contributed by atoms with Crippen molar-refractivity contribution in [3.63, 3.8) is 0 Å². The molecule has 122 valence electrons. The molecule has 0 saturated heterocycles. The standard InChI is InChI=1S/C15H18N4O3S/c1-3-8-16-14(21)17-12(20)9-23-15-19-18-13(22-15)11-7-5-4-6-10(11)2/h4-7H,3,8-9H2,1-2H3,(H2,16,17,20,21). The van der Waals surface area contributed by atoms with Crippen LogP contribution in [0.4, 0.5) is 4.79 Å². The number of nitrogens with zero attached hydrogens (tertiary/aromatic N) is 2. The van der Waals surface area contributed by atoms with Gasteiger partial charge in [-0.15, -0.1) is 10.2 Å². The van der Waals surface area contributed by atoms with E-state index in [9.17, 15) is 9.59 Å². The van der Waals surface area contributed by atoms with Crippen molar-refractivity contribution in [2.45, 2.75) is 25.5 Å². The molecule has 0 fully saturated rings. The molecule has 1 heterocycles. The number of rotatable bonds is 6. The fraction of sp³-hybridized carbons (Fsp3) is 0.333. The number of nitrogens with one attached hydrogen (secondary N) is 2. The zero-order valence-electron chi connectivity index (χ0n) is 13.0. The maximum absolute atomic E-state index is 11.6. The van der Waals surface area contributed by atoms with E-state index in [4.69, 9.17) is 4.42 Å². The van der Waals surface area contributed by atoms with Crippen LogP contribution >= 0.6 is 11.8 Å². The number of aryl methyl sites for hydroxylation is 1. The predicted molar refractivity (Wildman–Crippen MR) is 87.0 cm³/mol. The number of hydrogen-bond acceptors (Lipinski definition) is 6. The molecule has 23 heavy (non-hydrogen) atoms. The first-order valence-corrected chi connectivity index (χ1v) is 8.18. The van der Waals surface area contributed by atoms with E-state index in [1.54, 1.807) is 0 Å². The molecule has 2 aromatic rings. The number of hydrogen-bond donors (Lipinski definition) is 2. The molecule has 0 unspecified atom stereocenters. The highest BCUT2D eigenvalue weighted by atomic mass is 32.2. The van der Waals surface area contributed by atoms with Crippen LogP contribution in [0.15, 0.2) is 33.9 Å². The van der Waals surface area contributed by atoms with Crippen molar-refractivity contribution < 1.29 is 14.0 Å². The van der Waals surface area contributed by atoms with Gasteiger partial charge in [-0.1, -0.05) is 36.9 Å². The molecule has 0 aliphatic carbocycles. The third-order valence-corrected chi connectivity index (χ3v) is 3.72. The number of thioether (sulfide) groups is 1. The number of aromatic nitrogens is 2. The molecule has 3 amide bonds. The molecular formula is C15H18N4O3S. The molecule has 0 aliphatic rings. The largest absolute Gasteiger partial charge is 0.411 e. The van der Waals surface area contributed by atoms with Gasteiger partial charge in [-0.25, -0.2) is 4.79 Å². The van der Waals surface area contributed by atoms with Crippen LogP contribution in [-0.2, 0) is 4.79 Å². The van der Waals surface area contributed by atoms with Gasteiger partial charge in [-0.3, -0.25) is 10.1 Å². The minimum atomic E-state index is -0.497. The molecule has 1 aromatic heterocycles. The Kier molecular flexibility index (Phi) is 6.16. The quantitative estimate of drug-likeness (QED) is 0.787. The van der Waals surface area contributed by atoms with Gasteiger partial charge in [0.1, 0.15) is 0 Å².